The van der Waals surface area contributed by atoms with Gasteiger partial charge in [-0.25, -0.2) is 0 Å². The van der Waals surface area contributed by atoms with Crippen molar-refractivity contribution in [1.82, 2.24) is 0 Å². The summed E-state index contributed by atoms with van der Waals surface area (Å²) in [5.41, 5.74) is 2.04. The first-order valence-corrected chi connectivity index (χ1v) is 10.9. The van der Waals surface area contributed by atoms with Crippen molar-refractivity contribution in [2.75, 3.05) is 0 Å². The molecule has 0 aromatic rings. The third-order valence-electron chi connectivity index (χ3n) is 9.46. The minimum Gasteiger partial charge on any atom is -0.393 e. The number of ether oxygens (including phenoxy) is 2. The maximum atomic E-state index is 10.4. The number of hydrogen-bond donors (Lipinski definition) is 1. The van der Waals surface area contributed by atoms with Gasteiger partial charge < -0.3 is 14.6 Å². The van der Waals surface area contributed by atoms with Crippen LogP contribution in [0.3, 0.4) is 0 Å². The van der Waals surface area contributed by atoms with Crippen molar-refractivity contribution >= 4 is 0 Å². The Morgan fingerprint density at radius 3 is 2.42 bits per heavy atom. The van der Waals surface area contributed by atoms with Gasteiger partial charge in [-0.2, -0.15) is 0 Å². The van der Waals surface area contributed by atoms with E-state index in [1.807, 2.05) is 0 Å². The third kappa shape index (κ3) is 2.17. The highest BCUT2D eigenvalue weighted by atomic mass is 16.8. The van der Waals surface area contributed by atoms with Gasteiger partial charge in [-0.1, -0.05) is 26.0 Å². The molecule has 0 amide bonds. The van der Waals surface area contributed by atoms with Crippen molar-refractivity contribution in [1.29, 1.82) is 0 Å². The number of aliphatic hydroxyl groups is 1. The summed E-state index contributed by atoms with van der Waals surface area (Å²) in [6.07, 6.45) is 8.15. The Kier molecular flexibility index (Phi) is 3.65. The first-order chi connectivity index (χ1) is 12.2. The molecule has 1 saturated heterocycles. The van der Waals surface area contributed by atoms with Crippen LogP contribution in [0.2, 0.25) is 0 Å². The summed E-state index contributed by atoms with van der Waals surface area (Å²) in [4.78, 5) is 0. The summed E-state index contributed by atoms with van der Waals surface area (Å²) < 4.78 is 13.1. The fraction of sp³-hybridized carbons (Fsp3) is 0.913. The Balaban J connectivity index is 1.59. The molecule has 0 aromatic heterocycles. The van der Waals surface area contributed by atoms with Crippen LogP contribution in [0.15, 0.2) is 12.2 Å². The molecule has 1 heterocycles. The van der Waals surface area contributed by atoms with Crippen molar-refractivity contribution in [3.8, 4) is 0 Å². The van der Waals surface area contributed by atoms with E-state index in [9.17, 15) is 5.11 Å². The zero-order valence-electron chi connectivity index (χ0n) is 17.0. The minimum atomic E-state index is -0.503. The molecular formula is C23H36O3. The third-order valence-corrected chi connectivity index (χ3v) is 9.46. The second-order valence-electron chi connectivity index (χ2n) is 11.0. The van der Waals surface area contributed by atoms with Gasteiger partial charge in [0.05, 0.1) is 18.3 Å². The molecule has 146 valence electrons. The minimum absolute atomic E-state index is 0.141. The van der Waals surface area contributed by atoms with Gasteiger partial charge in [0.2, 0.25) is 0 Å². The Labute approximate surface area is 158 Å². The Morgan fingerprint density at radius 2 is 1.65 bits per heavy atom. The van der Waals surface area contributed by atoms with Crippen LogP contribution < -0.4 is 0 Å². The lowest BCUT2D eigenvalue weighted by Gasteiger charge is -2.62. The van der Waals surface area contributed by atoms with E-state index in [1.165, 1.54) is 31.3 Å². The van der Waals surface area contributed by atoms with Crippen molar-refractivity contribution in [2.24, 2.45) is 34.5 Å². The van der Waals surface area contributed by atoms with Crippen LogP contribution in [-0.2, 0) is 9.47 Å². The largest absolute Gasteiger partial charge is 0.393 e. The van der Waals surface area contributed by atoms with E-state index in [4.69, 9.17) is 9.47 Å². The molecule has 0 bridgehead atoms. The Bertz CT molecular complexity index is 627. The molecule has 9 atom stereocenters. The lowest BCUT2D eigenvalue weighted by atomic mass is 9.43. The van der Waals surface area contributed by atoms with Crippen LogP contribution in [0.4, 0.5) is 0 Å². The lowest BCUT2D eigenvalue weighted by Crippen LogP contribution is -2.63. The van der Waals surface area contributed by atoms with Crippen molar-refractivity contribution in [2.45, 2.75) is 96.7 Å². The molecule has 5 aliphatic rings. The van der Waals surface area contributed by atoms with Crippen LogP contribution in [0.5, 0.6) is 0 Å². The monoisotopic (exact) mass is 360 g/mol. The topological polar surface area (TPSA) is 38.7 Å². The van der Waals surface area contributed by atoms with Crippen LogP contribution in [-0.4, -0.2) is 29.2 Å². The van der Waals surface area contributed by atoms with Gasteiger partial charge in [0.25, 0.3) is 0 Å². The summed E-state index contributed by atoms with van der Waals surface area (Å²) in [6.45, 7) is 13.6. The molecule has 5 fully saturated rings. The molecule has 1 N–H and O–H groups in total. The predicted octanol–water partition coefficient (Wildman–Crippen LogP) is 4.69. The van der Waals surface area contributed by atoms with Gasteiger partial charge in [-0.15, -0.1) is 0 Å². The molecule has 3 heteroatoms. The molecule has 5 rings (SSSR count). The van der Waals surface area contributed by atoms with E-state index >= 15 is 0 Å². The molecule has 1 unspecified atom stereocenters. The number of fused-ring (bicyclic) bond motifs is 8. The van der Waals surface area contributed by atoms with E-state index < -0.39 is 5.79 Å². The highest BCUT2D eigenvalue weighted by Crippen LogP contribution is 2.69. The summed E-state index contributed by atoms with van der Waals surface area (Å²) in [7, 11) is 0. The quantitative estimate of drug-likeness (QED) is 0.637. The SMILES string of the molecule is C=C1CC[C@H]2[C@@H]3[C@H]4OC(C)(C)O[C@@H]4[C@H]4CC(O)CC[C@]4(C)[C@H]3CC[C@]12C. The van der Waals surface area contributed by atoms with Crippen LogP contribution in [0.25, 0.3) is 0 Å². The Morgan fingerprint density at radius 1 is 0.923 bits per heavy atom. The number of hydrogen-bond acceptors (Lipinski definition) is 3. The number of rotatable bonds is 0. The molecule has 26 heavy (non-hydrogen) atoms. The molecule has 0 aromatic carbocycles. The second kappa shape index (κ2) is 5.36. The van der Waals surface area contributed by atoms with Crippen molar-refractivity contribution < 1.29 is 14.6 Å². The zero-order valence-corrected chi connectivity index (χ0v) is 17.0. The zero-order chi connectivity index (χ0) is 18.5. The van der Waals surface area contributed by atoms with E-state index in [0.717, 1.165) is 19.3 Å². The van der Waals surface area contributed by atoms with E-state index in [1.54, 1.807) is 0 Å². The van der Waals surface area contributed by atoms with Gasteiger partial charge in [-0.3, -0.25) is 0 Å². The van der Waals surface area contributed by atoms with Gasteiger partial charge in [0, 0.05) is 0 Å². The molecule has 3 nitrogen and oxygen atoms in total. The molecule has 0 radical (unpaired) electrons. The van der Waals surface area contributed by atoms with Crippen LogP contribution in [0, 0.1) is 34.5 Å². The van der Waals surface area contributed by atoms with E-state index in [2.05, 4.69) is 34.3 Å². The first kappa shape index (κ1) is 17.7. The molecule has 1 aliphatic heterocycles. The highest BCUT2D eigenvalue weighted by molar-refractivity contribution is 5.23. The summed E-state index contributed by atoms with van der Waals surface area (Å²) >= 11 is 0. The smallest absolute Gasteiger partial charge is 0.163 e. The maximum absolute atomic E-state index is 10.4. The summed E-state index contributed by atoms with van der Waals surface area (Å²) in [5, 5.41) is 10.4. The average Bonchev–Trinajstić information content (AvgIpc) is 3.05. The fourth-order valence-electron chi connectivity index (χ4n) is 8.07. The normalized spacial score (nSPS) is 57.9. The van der Waals surface area contributed by atoms with Gasteiger partial charge in [0.1, 0.15) is 0 Å². The Hall–Kier alpha value is -0.380. The lowest BCUT2D eigenvalue weighted by molar-refractivity contribution is -0.182. The van der Waals surface area contributed by atoms with Crippen LogP contribution in [0.1, 0.15) is 72.6 Å². The van der Waals surface area contributed by atoms with Crippen LogP contribution >= 0.6 is 0 Å². The summed E-state index contributed by atoms with van der Waals surface area (Å²) in [5.74, 6) is 1.88. The number of aliphatic hydroxyl groups excluding tert-OH is 1. The molecular weight excluding hydrogens is 324 g/mol. The average molecular weight is 361 g/mol. The fourth-order valence-corrected chi connectivity index (χ4v) is 8.07. The molecule has 4 aliphatic carbocycles. The first-order valence-electron chi connectivity index (χ1n) is 10.9. The summed E-state index contributed by atoms with van der Waals surface area (Å²) in [6, 6.07) is 0. The van der Waals surface area contributed by atoms with E-state index in [0.29, 0.717) is 29.1 Å². The highest BCUT2D eigenvalue weighted by Gasteiger charge is 2.67. The number of allylic oxidation sites excluding steroid dienone is 1. The second-order valence-corrected chi connectivity index (χ2v) is 11.0. The van der Waals surface area contributed by atoms with Gasteiger partial charge in [-0.05, 0) is 93.3 Å². The van der Waals surface area contributed by atoms with E-state index in [-0.39, 0.29) is 23.7 Å². The van der Waals surface area contributed by atoms with Gasteiger partial charge >= 0.3 is 0 Å². The van der Waals surface area contributed by atoms with Crippen molar-refractivity contribution in [3.63, 3.8) is 0 Å². The predicted molar refractivity (Wildman–Crippen MR) is 101 cm³/mol. The van der Waals surface area contributed by atoms with Crippen molar-refractivity contribution in [3.05, 3.63) is 12.2 Å². The van der Waals surface area contributed by atoms with Gasteiger partial charge in [0.15, 0.2) is 5.79 Å². The standard InChI is InChI=1S/C23H36O3/c1-13-6-7-15-18-16(9-11-22(13,15)4)23(5)10-8-14(24)12-17(23)19-20(18)26-21(2,3)25-19/h14-20,24H,1,6-12H2,2-5H3/t14?,15-,16-,17+,18-,19+,20+,22+,23+/m0/s1. The maximum Gasteiger partial charge on any atom is 0.163 e. The molecule has 0 spiro atoms. The molecule has 4 saturated carbocycles.